The summed E-state index contributed by atoms with van der Waals surface area (Å²) in [6, 6.07) is 8.44. The van der Waals surface area contributed by atoms with E-state index < -0.39 is 11.7 Å². The van der Waals surface area contributed by atoms with Gasteiger partial charge in [0.25, 0.3) is 0 Å². The van der Waals surface area contributed by atoms with E-state index in [-0.39, 0.29) is 5.69 Å². The molecule has 3 rings (SSSR count). The van der Waals surface area contributed by atoms with Crippen LogP contribution in [0.5, 0.6) is 0 Å². The van der Waals surface area contributed by atoms with Crippen LogP contribution in [-0.4, -0.2) is 20.4 Å². The molecule has 0 aliphatic rings. The van der Waals surface area contributed by atoms with Crippen molar-refractivity contribution in [2.45, 2.75) is 6.18 Å². The topological polar surface area (TPSA) is 78.2 Å². The van der Waals surface area contributed by atoms with E-state index in [1.807, 2.05) is 6.07 Å². The standard InChI is InChI=1S/C15H8F3N5/c16-15(17,18)12-3-1-2-9(5-12)10-4-11(8-20-7-10)14-13(6-19)21-23-22-14/h1-5,7-8H,(H,21,22,23). The fourth-order valence-electron chi connectivity index (χ4n) is 2.11. The maximum absolute atomic E-state index is 12.8. The Morgan fingerprint density at radius 2 is 1.78 bits per heavy atom. The molecule has 0 aliphatic carbocycles. The highest BCUT2D eigenvalue weighted by Crippen LogP contribution is 2.32. The van der Waals surface area contributed by atoms with Crippen molar-refractivity contribution < 1.29 is 13.2 Å². The Hall–Kier alpha value is -3.21. The van der Waals surface area contributed by atoms with Crippen LogP contribution in [0.1, 0.15) is 11.3 Å². The van der Waals surface area contributed by atoms with Crippen molar-refractivity contribution in [3.63, 3.8) is 0 Å². The minimum absolute atomic E-state index is 0.0907. The monoisotopic (exact) mass is 315 g/mol. The van der Waals surface area contributed by atoms with Crippen molar-refractivity contribution in [3.05, 3.63) is 54.0 Å². The van der Waals surface area contributed by atoms with Gasteiger partial charge in [0.05, 0.1) is 5.56 Å². The lowest BCUT2D eigenvalue weighted by Gasteiger charge is -2.09. The number of aromatic amines is 1. The van der Waals surface area contributed by atoms with Crippen LogP contribution in [0.25, 0.3) is 22.4 Å². The van der Waals surface area contributed by atoms with Gasteiger partial charge in [-0.25, -0.2) is 0 Å². The van der Waals surface area contributed by atoms with Crippen LogP contribution in [0.15, 0.2) is 42.7 Å². The lowest BCUT2D eigenvalue weighted by atomic mass is 10.0. The first-order valence-electron chi connectivity index (χ1n) is 6.43. The van der Waals surface area contributed by atoms with Crippen molar-refractivity contribution in [1.82, 2.24) is 20.4 Å². The predicted molar refractivity (Wildman–Crippen MR) is 74.8 cm³/mol. The maximum Gasteiger partial charge on any atom is 0.416 e. The zero-order chi connectivity index (χ0) is 16.4. The highest BCUT2D eigenvalue weighted by Gasteiger charge is 2.30. The highest BCUT2D eigenvalue weighted by molar-refractivity contribution is 5.72. The van der Waals surface area contributed by atoms with Gasteiger partial charge in [-0.2, -0.15) is 28.7 Å². The van der Waals surface area contributed by atoms with Gasteiger partial charge in [-0.15, -0.1) is 5.10 Å². The second kappa shape index (κ2) is 5.53. The van der Waals surface area contributed by atoms with Gasteiger partial charge in [-0.1, -0.05) is 12.1 Å². The molecular formula is C15H8F3N5. The summed E-state index contributed by atoms with van der Waals surface area (Å²) in [7, 11) is 0. The largest absolute Gasteiger partial charge is 0.416 e. The molecule has 0 spiro atoms. The number of rotatable bonds is 2. The summed E-state index contributed by atoms with van der Waals surface area (Å²) in [5.74, 6) is 0. The molecule has 0 saturated carbocycles. The molecule has 0 aliphatic heterocycles. The van der Waals surface area contributed by atoms with Gasteiger partial charge in [0, 0.05) is 23.5 Å². The predicted octanol–water partition coefficient (Wildman–Crippen LogP) is 3.42. The van der Waals surface area contributed by atoms with E-state index in [9.17, 15) is 13.2 Å². The van der Waals surface area contributed by atoms with Crippen LogP contribution in [0, 0.1) is 11.3 Å². The third-order valence-electron chi connectivity index (χ3n) is 3.19. The van der Waals surface area contributed by atoms with Crippen molar-refractivity contribution in [2.75, 3.05) is 0 Å². The van der Waals surface area contributed by atoms with E-state index in [1.54, 1.807) is 12.1 Å². The summed E-state index contributed by atoms with van der Waals surface area (Å²) in [5, 5.41) is 18.9. The van der Waals surface area contributed by atoms with E-state index in [4.69, 9.17) is 5.26 Å². The fraction of sp³-hybridized carbons (Fsp3) is 0.0667. The maximum atomic E-state index is 12.8. The number of hydrogen-bond donors (Lipinski definition) is 1. The summed E-state index contributed by atoms with van der Waals surface area (Å²) in [5.41, 5.74) is 1.00. The summed E-state index contributed by atoms with van der Waals surface area (Å²) in [6.07, 6.45) is -1.50. The SMILES string of the molecule is N#Cc1n[nH]nc1-c1cncc(-c2cccc(C(F)(F)F)c2)c1. The Bertz CT molecular complexity index is 892. The van der Waals surface area contributed by atoms with Crippen molar-refractivity contribution in [3.8, 4) is 28.5 Å². The number of nitrogens with zero attached hydrogens (tertiary/aromatic N) is 4. The molecule has 0 amide bonds. The number of alkyl halides is 3. The fourth-order valence-corrected chi connectivity index (χ4v) is 2.11. The van der Waals surface area contributed by atoms with Crippen molar-refractivity contribution >= 4 is 0 Å². The minimum Gasteiger partial charge on any atom is -0.263 e. The molecule has 1 aromatic carbocycles. The van der Waals surface area contributed by atoms with Gasteiger partial charge in [-0.3, -0.25) is 4.98 Å². The van der Waals surface area contributed by atoms with Crippen LogP contribution < -0.4 is 0 Å². The molecule has 1 N–H and O–H groups in total. The van der Waals surface area contributed by atoms with Crippen LogP contribution >= 0.6 is 0 Å². The average molecular weight is 315 g/mol. The lowest BCUT2D eigenvalue weighted by molar-refractivity contribution is -0.137. The Labute approximate surface area is 128 Å². The molecule has 3 aromatic rings. The normalized spacial score (nSPS) is 11.2. The first-order chi connectivity index (χ1) is 11.0. The Balaban J connectivity index is 2.06. The van der Waals surface area contributed by atoms with E-state index >= 15 is 0 Å². The third-order valence-corrected chi connectivity index (χ3v) is 3.19. The molecular weight excluding hydrogens is 307 g/mol. The number of nitriles is 1. The minimum atomic E-state index is -4.42. The summed E-state index contributed by atoms with van der Waals surface area (Å²) in [6.45, 7) is 0. The Morgan fingerprint density at radius 1 is 1.00 bits per heavy atom. The van der Waals surface area contributed by atoms with Crippen LogP contribution in [0.3, 0.4) is 0 Å². The lowest BCUT2D eigenvalue weighted by Crippen LogP contribution is -2.04. The molecule has 0 atom stereocenters. The van der Waals surface area contributed by atoms with E-state index in [1.165, 1.54) is 18.5 Å². The molecule has 8 heteroatoms. The highest BCUT2D eigenvalue weighted by atomic mass is 19.4. The molecule has 0 bridgehead atoms. The zero-order valence-corrected chi connectivity index (χ0v) is 11.5. The van der Waals surface area contributed by atoms with E-state index in [2.05, 4.69) is 20.4 Å². The first kappa shape index (κ1) is 14.7. The van der Waals surface area contributed by atoms with E-state index in [0.717, 1.165) is 12.1 Å². The second-order valence-corrected chi connectivity index (χ2v) is 4.67. The number of nitrogens with one attached hydrogen (secondary N) is 1. The summed E-state index contributed by atoms with van der Waals surface area (Å²) < 4.78 is 38.4. The number of halogens is 3. The average Bonchev–Trinajstić information content (AvgIpc) is 3.03. The van der Waals surface area contributed by atoms with Gasteiger partial charge >= 0.3 is 6.18 Å². The smallest absolute Gasteiger partial charge is 0.263 e. The first-order valence-corrected chi connectivity index (χ1v) is 6.43. The van der Waals surface area contributed by atoms with Crippen molar-refractivity contribution in [1.29, 1.82) is 5.26 Å². The van der Waals surface area contributed by atoms with Gasteiger partial charge in [0.1, 0.15) is 11.8 Å². The van der Waals surface area contributed by atoms with Gasteiger partial charge in [-0.05, 0) is 23.8 Å². The third kappa shape index (κ3) is 2.89. The molecule has 0 fully saturated rings. The summed E-state index contributed by atoms with van der Waals surface area (Å²) >= 11 is 0. The zero-order valence-electron chi connectivity index (χ0n) is 11.5. The Kier molecular flexibility index (Phi) is 3.54. The molecule has 114 valence electrons. The Morgan fingerprint density at radius 3 is 2.52 bits per heavy atom. The molecule has 2 aromatic heterocycles. The molecule has 23 heavy (non-hydrogen) atoms. The quantitative estimate of drug-likeness (QED) is 0.786. The number of H-pyrrole nitrogens is 1. The molecule has 0 unspecified atom stereocenters. The summed E-state index contributed by atoms with van der Waals surface area (Å²) in [4.78, 5) is 4.01. The van der Waals surface area contributed by atoms with Crippen molar-refractivity contribution in [2.24, 2.45) is 0 Å². The van der Waals surface area contributed by atoms with E-state index in [0.29, 0.717) is 22.4 Å². The molecule has 5 nitrogen and oxygen atoms in total. The van der Waals surface area contributed by atoms with Crippen LogP contribution in [0.4, 0.5) is 13.2 Å². The second-order valence-electron chi connectivity index (χ2n) is 4.67. The molecule has 0 radical (unpaired) electrons. The van der Waals surface area contributed by atoms with Gasteiger partial charge in [0.2, 0.25) is 0 Å². The number of hydrogen-bond acceptors (Lipinski definition) is 4. The van der Waals surface area contributed by atoms with Crippen LogP contribution in [-0.2, 0) is 6.18 Å². The number of aromatic nitrogens is 4. The number of benzene rings is 1. The molecule has 0 saturated heterocycles. The van der Waals surface area contributed by atoms with Crippen LogP contribution in [0.2, 0.25) is 0 Å². The van der Waals surface area contributed by atoms with Gasteiger partial charge < -0.3 is 0 Å². The number of pyridine rings is 1. The van der Waals surface area contributed by atoms with Gasteiger partial charge in [0.15, 0.2) is 5.69 Å². The molecule has 2 heterocycles.